The van der Waals surface area contributed by atoms with Crippen molar-refractivity contribution in [1.82, 2.24) is 15.5 Å². The third kappa shape index (κ3) is 4.68. The number of aromatic nitrogens is 2. The van der Waals surface area contributed by atoms with Gasteiger partial charge in [0, 0.05) is 25.7 Å². The third-order valence-electron chi connectivity index (χ3n) is 4.51. The second-order valence-electron chi connectivity index (χ2n) is 6.25. The lowest BCUT2D eigenvalue weighted by Crippen LogP contribution is -2.43. The summed E-state index contributed by atoms with van der Waals surface area (Å²) in [5.74, 6) is 1.41. The largest absolute Gasteiger partial charge is 0.480 e. The molecule has 1 saturated heterocycles. The first-order chi connectivity index (χ1) is 12.3. The zero-order chi connectivity index (χ0) is 17.5. The molecule has 25 heavy (non-hydrogen) atoms. The molecular formula is C19H24N4O2. The van der Waals surface area contributed by atoms with Crippen LogP contribution in [-0.2, 0) is 11.2 Å². The molecule has 1 aromatic heterocycles. The number of nitrogens with zero attached hydrogens (tertiary/aromatic N) is 3. The van der Waals surface area contributed by atoms with Gasteiger partial charge in [-0.2, -0.15) is 0 Å². The van der Waals surface area contributed by atoms with Crippen LogP contribution in [-0.4, -0.2) is 42.8 Å². The Morgan fingerprint density at radius 1 is 1.24 bits per heavy atom. The first-order valence-corrected chi connectivity index (χ1v) is 8.70. The molecule has 132 valence electrons. The molecule has 0 spiro atoms. The summed E-state index contributed by atoms with van der Waals surface area (Å²) in [5, 5.41) is 11.3. The van der Waals surface area contributed by atoms with Crippen molar-refractivity contribution in [3.8, 4) is 5.88 Å². The predicted octanol–water partition coefficient (Wildman–Crippen LogP) is 2.06. The van der Waals surface area contributed by atoms with Gasteiger partial charge in [0.05, 0.1) is 13.0 Å². The molecule has 2 heterocycles. The van der Waals surface area contributed by atoms with Crippen LogP contribution in [0.25, 0.3) is 0 Å². The van der Waals surface area contributed by atoms with Gasteiger partial charge in [0.25, 0.3) is 0 Å². The highest BCUT2D eigenvalue weighted by Gasteiger charge is 2.26. The minimum atomic E-state index is -0.00609. The third-order valence-corrected chi connectivity index (χ3v) is 4.51. The number of carbonyl (C=O) groups is 1. The second-order valence-corrected chi connectivity index (χ2v) is 6.25. The van der Waals surface area contributed by atoms with E-state index in [1.807, 2.05) is 24.3 Å². The maximum Gasteiger partial charge on any atom is 0.233 e. The number of nitrogens with one attached hydrogen (secondary N) is 1. The number of hydrogen-bond donors (Lipinski definition) is 1. The Kier molecular flexibility index (Phi) is 5.82. The van der Waals surface area contributed by atoms with E-state index >= 15 is 0 Å². The van der Waals surface area contributed by atoms with E-state index in [9.17, 15) is 4.79 Å². The van der Waals surface area contributed by atoms with Crippen LogP contribution >= 0.6 is 0 Å². The lowest BCUT2D eigenvalue weighted by Gasteiger charge is -2.32. The lowest BCUT2D eigenvalue weighted by atomic mass is 9.97. The minimum Gasteiger partial charge on any atom is -0.480 e. The summed E-state index contributed by atoms with van der Waals surface area (Å²) in [7, 11) is 1.57. The van der Waals surface area contributed by atoms with E-state index in [1.54, 1.807) is 13.2 Å². The van der Waals surface area contributed by atoms with Gasteiger partial charge in [0.15, 0.2) is 5.82 Å². The molecule has 0 aliphatic carbocycles. The molecule has 1 aliphatic rings. The number of carbonyl (C=O) groups excluding carboxylic acids is 1. The maximum absolute atomic E-state index is 12.5. The SMILES string of the molecule is COc1ccc(N2CCC[C@@H](C(=O)NCCc3ccccc3)C2)nn1. The average molecular weight is 340 g/mol. The van der Waals surface area contributed by atoms with E-state index in [1.165, 1.54) is 5.56 Å². The van der Waals surface area contributed by atoms with Crippen molar-refractivity contribution in [3.05, 3.63) is 48.0 Å². The molecule has 3 rings (SSSR count). The number of ether oxygens (including phenoxy) is 1. The Bertz CT molecular complexity index is 676. The second kappa shape index (κ2) is 8.46. The molecule has 0 unspecified atom stereocenters. The number of rotatable bonds is 6. The topological polar surface area (TPSA) is 67.3 Å². The molecule has 0 saturated carbocycles. The normalized spacial score (nSPS) is 17.2. The van der Waals surface area contributed by atoms with Crippen molar-refractivity contribution >= 4 is 11.7 Å². The molecule has 1 aliphatic heterocycles. The summed E-state index contributed by atoms with van der Waals surface area (Å²) in [4.78, 5) is 14.6. The van der Waals surface area contributed by atoms with Gasteiger partial charge in [-0.3, -0.25) is 4.79 Å². The maximum atomic E-state index is 12.5. The highest BCUT2D eigenvalue weighted by atomic mass is 16.5. The Hall–Kier alpha value is -2.63. The van der Waals surface area contributed by atoms with Crippen LogP contribution in [0, 0.1) is 5.92 Å². The monoisotopic (exact) mass is 340 g/mol. The fraction of sp³-hybridized carbons (Fsp3) is 0.421. The van der Waals surface area contributed by atoms with E-state index in [0.717, 1.165) is 31.6 Å². The molecule has 1 atom stereocenters. The highest BCUT2D eigenvalue weighted by Crippen LogP contribution is 2.22. The van der Waals surface area contributed by atoms with Gasteiger partial charge in [-0.15, -0.1) is 10.2 Å². The molecule has 1 aromatic carbocycles. The Morgan fingerprint density at radius 3 is 2.80 bits per heavy atom. The van der Waals surface area contributed by atoms with Crippen molar-refractivity contribution in [2.75, 3.05) is 31.6 Å². The first kappa shape index (κ1) is 17.2. The minimum absolute atomic E-state index is 0.00609. The Balaban J connectivity index is 1.50. The van der Waals surface area contributed by atoms with Gasteiger partial charge in [0.1, 0.15) is 0 Å². The summed E-state index contributed by atoms with van der Waals surface area (Å²) in [5.41, 5.74) is 1.24. The quantitative estimate of drug-likeness (QED) is 0.872. The van der Waals surface area contributed by atoms with Crippen LogP contribution < -0.4 is 15.0 Å². The first-order valence-electron chi connectivity index (χ1n) is 8.70. The molecular weight excluding hydrogens is 316 g/mol. The molecule has 1 amide bonds. The van der Waals surface area contributed by atoms with Crippen LogP contribution in [0.2, 0.25) is 0 Å². The van der Waals surface area contributed by atoms with E-state index in [4.69, 9.17) is 4.74 Å². The van der Waals surface area contributed by atoms with Gasteiger partial charge < -0.3 is 15.0 Å². The number of hydrogen-bond acceptors (Lipinski definition) is 5. The van der Waals surface area contributed by atoms with Gasteiger partial charge in [-0.1, -0.05) is 30.3 Å². The number of amides is 1. The zero-order valence-electron chi connectivity index (χ0n) is 14.5. The smallest absolute Gasteiger partial charge is 0.233 e. The van der Waals surface area contributed by atoms with E-state index in [2.05, 4.69) is 32.5 Å². The van der Waals surface area contributed by atoms with Crippen molar-refractivity contribution in [3.63, 3.8) is 0 Å². The lowest BCUT2D eigenvalue weighted by molar-refractivity contribution is -0.125. The molecule has 0 radical (unpaired) electrons. The van der Waals surface area contributed by atoms with Crippen LogP contribution in [0.15, 0.2) is 42.5 Å². The fourth-order valence-corrected chi connectivity index (χ4v) is 3.11. The summed E-state index contributed by atoms with van der Waals surface area (Å²) < 4.78 is 5.04. The fourth-order valence-electron chi connectivity index (χ4n) is 3.11. The summed E-state index contributed by atoms with van der Waals surface area (Å²) >= 11 is 0. The number of piperidine rings is 1. The number of anilines is 1. The zero-order valence-corrected chi connectivity index (χ0v) is 14.5. The summed E-state index contributed by atoms with van der Waals surface area (Å²) in [6.45, 7) is 2.24. The molecule has 6 heteroatoms. The summed E-state index contributed by atoms with van der Waals surface area (Å²) in [6, 6.07) is 13.9. The molecule has 1 fully saturated rings. The van der Waals surface area contributed by atoms with Crippen LogP contribution in [0.5, 0.6) is 5.88 Å². The summed E-state index contributed by atoms with van der Waals surface area (Å²) in [6.07, 6.45) is 2.74. The van der Waals surface area contributed by atoms with E-state index < -0.39 is 0 Å². The molecule has 0 bridgehead atoms. The van der Waals surface area contributed by atoms with Gasteiger partial charge >= 0.3 is 0 Å². The van der Waals surface area contributed by atoms with Crippen LogP contribution in [0.3, 0.4) is 0 Å². The molecule has 1 N–H and O–H groups in total. The van der Waals surface area contributed by atoms with Crippen molar-refractivity contribution in [2.24, 2.45) is 5.92 Å². The highest BCUT2D eigenvalue weighted by molar-refractivity contribution is 5.79. The predicted molar refractivity (Wildman–Crippen MR) is 96.7 cm³/mol. The number of benzene rings is 1. The van der Waals surface area contributed by atoms with Crippen LogP contribution in [0.4, 0.5) is 5.82 Å². The van der Waals surface area contributed by atoms with Gasteiger partial charge in [-0.05, 0) is 30.9 Å². The van der Waals surface area contributed by atoms with E-state index in [-0.39, 0.29) is 11.8 Å². The number of methoxy groups -OCH3 is 1. The van der Waals surface area contributed by atoms with Gasteiger partial charge in [0.2, 0.25) is 11.8 Å². The standard InChI is InChI=1S/C19H24N4O2/c1-25-18-10-9-17(21-22-18)23-13-5-8-16(14-23)19(24)20-12-11-15-6-3-2-4-7-15/h2-4,6-7,9-10,16H,5,8,11-14H2,1H3,(H,20,24)/t16-/m1/s1. The van der Waals surface area contributed by atoms with E-state index in [0.29, 0.717) is 19.0 Å². The van der Waals surface area contributed by atoms with Crippen LogP contribution in [0.1, 0.15) is 18.4 Å². The van der Waals surface area contributed by atoms with Crippen molar-refractivity contribution in [2.45, 2.75) is 19.3 Å². The van der Waals surface area contributed by atoms with Gasteiger partial charge in [-0.25, -0.2) is 0 Å². The Morgan fingerprint density at radius 2 is 2.08 bits per heavy atom. The average Bonchev–Trinajstić information content (AvgIpc) is 2.69. The molecule has 2 aromatic rings. The van der Waals surface area contributed by atoms with Crippen molar-refractivity contribution < 1.29 is 9.53 Å². The Labute approximate surface area is 148 Å². The van der Waals surface area contributed by atoms with Crippen molar-refractivity contribution in [1.29, 1.82) is 0 Å². The molecule has 6 nitrogen and oxygen atoms in total.